The molecule has 0 fully saturated rings. The Kier molecular flexibility index (Phi) is 5.42. The highest BCUT2D eigenvalue weighted by molar-refractivity contribution is 5.36. The zero-order valence-electron chi connectivity index (χ0n) is 10.9. The molecule has 0 saturated carbocycles. The number of rotatable bonds is 6. The number of nitrogens with two attached hydrogens (primary N) is 1. The van der Waals surface area contributed by atoms with E-state index in [0.29, 0.717) is 23.8 Å². The van der Waals surface area contributed by atoms with Crippen LogP contribution in [0.5, 0.6) is 5.75 Å². The molecule has 0 saturated heterocycles. The molecule has 0 spiro atoms. The maximum absolute atomic E-state index is 13.6. The third kappa shape index (κ3) is 4.00. The van der Waals surface area contributed by atoms with Crippen molar-refractivity contribution in [3.63, 3.8) is 0 Å². The van der Waals surface area contributed by atoms with Crippen molar-refractivity contribution in [3.8, 4) is 5.75 Å². The Bertz CT molecular complexity index is 352. The summed E-state index contributed by atoms with van der Waals surface area (Å²) < 4.78 is 19.3. The van der Waals surface area contributed by atoms with E-state index in [4.69, 9.17) is 10.5 Å². The van der Waals surface area contributed by atoms with Gasteiger partial charge in [-0.05, 0) is 31.4 Å². The largest absolute Gasteiger partial charge is 0.493 e. The zero-order valence-corrected chi connectivity index (χ0v) is 10.9. The van der Waals surface area contributed by atoms with E-state index in [1.165, 1.54) is 6.07 Å². The van der Waals surface area contributed by atoms with E-state index in [-0.39, 0.29) is 11.9 Å². The van der Waals surface area contributed by atoms with E-state index in [1.807, 2.05) is 0 Å². The van der Waals surface area contributed by atoms with Crippen molar-refractivity contribution in [2.24, 2.45) is 11.7 Å². The minimum atomic E-state index is -0.354. The average molecular weight is 239 g/mol. The van der Waals surface area contributed by atoms with Crippen LogP contribution in [0.25, 0.3) is 0 Å². The van der Waals surface area contributed by atoms with Crippen LogP contribution in [0, 0.1) is 11.7 Å². The lowest BCUT2D eigenvalue weighted by molar-refractivity contribution is 0.247. The number of benzene rings is 1. The minimum Gasteiger partial charge on any atom is -0.493 e. The molecule has 96 valence electrons. The first-order chi connectivity index (χ1) is 8.06. The van der Waals surface area contributed by atoms with Crippen LogP contribution in [0.1, 0.15) is 45.2 Å². The Balaban J connectivity index is 2.73. The van der Waals surface area contributed by atoms with Gasteiger partial charge < -0.3 is 10.5 Å². The maximum Gasteiger partial charge on any atom is 0.131 e. The van der Waals surface area contributed by atoms with E-state index < -0.39 is 0 Å². The van der Waals surface area contributed by atoms with Gasteiger partial charge >= 0.3 is 0 Å². The lowest BCUT2D eigenvalue weighted by Gasteiger charge is -2.17. The zero-order chi connectivity index (χ0) is 12.8. The Labute approximate surface area is 103 Å². The molecule has 1 rings (SSSR count). The molecule has 2 atom stereocenters. The van der Waals surface area contributed by atoms with Crippen LogP contribution in [0.15, 0.2) is 18.2 Å². The molecule has 0 radical (unpaired) electrons. The quantitative estimate of drug-likeness (QED) is 0.822. The van der Waals surface area contributed by atoms with Gasteiger partial charge in [0.05, 0.1) is 6.61 Å². The molecule has 0 aliphatic rings. The summed E-state index contributed by atoms with van der Waals surface area (Å²) in [6, 6.07) is 4.50. The van der Waals surface area contributed by atoms with Crippen LogP contribution >= 0.6 is 0 Å². The molecule has 2 nitrogen and oxygen atoms in total. The van der Waals surface area contributed by atoms with Crippen molar-refractivity contribution in [1.29, 1.82) is 0 Å². The van der Waals surface area contributed by atoms with Crippen molar-refractivity contribution >= 4 is 0 Å². The molecule has 1 aromatic rings. The maximum atomic E-state index is 13.6. The average Bonchev–Trinajstić information content (AvgIpc) is 2.26. The third-order valence-corrected chi connectivity index (χ3v) is 2.77. The summed E-state index contributed by atoms with van der Waals surface area (Å²) in [5.41, 5.74) is 6.23. The van der Waals surface area contributed by atoms with Gasteiger partial charge in [-0.15, -0.1) is 0 Å². The molecule has 0 aromatic heterocycles. The Morgan fingerprint density at radius 1 is 1.35 bits per heavy atom. The van der Waals surface area contributed by atoms with E-state index in [1.54, 1.807) is 19.1 Å². The fourth-order valence-electron chi connectivity index (χ4n) is 1.89. The SMILES string of the molecule is CCCC(C)COc1cccc(F)c1[C@H](C)N. The summed E-state index contributed by atoms with van der Waals surface area (Å²) in [6.07, 6.45) is 2.25. The number of hydrogen-bond acceptors (Lipinski definition) is 2. The van der Waals surface area contributed by atoms with Gasteiger partial charge in [-0.3, -0.25) is 0 Å². The molecular weight excluding hydrogens is 217 g/mol. The lowest BCUT2D eigenvalue weighted by atomic mass is 10.1. The van der Waals surface area contributed by atoms with E-state index in [0.717, 1.165) is 12.8 Å². The topological polar surface area (TPSA) is 35.2 Å². The monoisotopic (exact) mass is 239 g/mol. The smallest absolute Gasteiger partial charge is 0.131 e. The molecule has 0 aliphatic carbocycles. The van der Waals surface area contributed by atoms with Crippen molar-refractivity contribution in [1.82, 2.24) is 0 Å². The molecule has 1 aromatic carbocycles. The summed E-state index contributed by atoms with van der Waals surface area (Å²) in [5.74, 6) is 0.757. The van der Waals surface area contributed by atoms with Gasteiger partial charge in [0.2, 0.25) is 0 Å². The Morgan fingerprint density at radius 3 is 2.65 bits per heavy atom. The second kappa shape index (κ2) is 6.60. The van der Waals surface area contributed by atoms with Crippen molar-refractivity contribution in [3.05, 3.63) is 29.6 Å². The normalized spacial score (nSPS) is 14.4. The van der Waals surface area contributed by atoms with Gasteiger partial charge in [0, 0.05) is 11.6 Å². The Morgan fingerprint density at radius 2 is 2.06 bits per heavy atom. The molecule has 0 heterocycles. The lowest BCUT2D eigenvalue weighted by Crippen LogP contribution is -2.13. The second-order valence-corrected chi connectivity index (χ2v) is 4.65. The molecule has 2 N–H and O–H groups in total. The summed E-state index contributed by atoms with van der Waals surface area (Å²) in [7, 11) is 0. The minimum absolute atomic E-state index is 0.291. The molecule has 0 bridgehead atoms. The van der Waals surface area contributed by atoms with Gasteiger partial charge in [0.25, 0.3) is 0 Å². The third-order valence-electron chi connectivity index (χ3n) is 2.77. The fraction of sp³-hybridized carbons (Fsp3) is 0.571. The van der Waals surface area contributed by atoms with Crippen LogP contribution < -0.4 is 10.5 Å². The molecule has 0 amide bonds. The molecule has 0 aliphatic heterocycles. The summed E-state index contributed by atoms with van der Waals surface area (Å²) in [5, 5.41) is 0. The predicted octanol–water partition coefficient (Wildman–Crippen LogP) is 3.66. The van der Waals surface area contributed by atoms with Gasteiger partial charge in [-0.2, -0.15) is 0 Å². The summed E-state index contributed by atoms with van der Waals surface area (Å²) in [6.45, 7) is 6.65. The number of halogens is 1. The van der Waals surface area contributed by atoms with E-state index in [9.17, 15) is 4.39 Å². The second-order valence-electron chi connectivity index (χ2n) is 4.65. The number of hydrogen-bond donors (Lipinski definition) is 1. The molecule has 1 unspecified atom stereocenters. The first-order valence-electron chi connectivity index (χ1n) is 6.23. The van der Waals surface area contributed by atoms with Crippen LogP contribution in [-0.4, -0.2) is 6.61 Å². The van der Waals surface area contributed by atoms with Gasteiger partial charge in [0.15, 0.2) is 0 Å². The van der Waals surface area contributed by atoms with E-state index in [2.05, 4.69) is 13.8 Å². The highest BCUT2D eigenvalue weighted by atomic mass is 19.1. The number of ether oxygens (including phenoxy) is 1. The first kappa shape index (κ1) is 14.0. The highest BCUT2D eigenvalue weighted by Gasteiger charge is 2.14. The van der Waals surface area contributed by atoms with Crippen LogP contribution in [0.2, 0.25) is 0 Å². The van der Waals surface area contributed by atoms with Crippen molar-refractivity contribution in [2.75, 3.05) is 6.61 Å². The fourth-order valence-corrected chi connectivity index (χ4v) is 1.89. The Hall–Kier alpha value is -1.09. The van der Waals surface area contributed by atoms with Gasteiger partial charge in [-0.25, -0.2) is 4.39 Å². The van der Waals surface area contributed by atoms with Crippen molar-refractivity contribution < 1.29 is 9.13 Å². The van der Waals surface area contributed by atoms with Crippen LogP contribution in [-0.2, 0) is 0 Å². The predicted molar refractivity (Wildman–Crippen MR) is 68.6 cm³/mol. The standard InChI is InChI=1S/C14H22FNO/c1-4-6-10(2)9-17-13-8-5-7-12(15)14(13)11(3)16/h5,7-8,10-11H,4,6,9,16H2,1-3H3/t10?,11-/m0/s1. The van der Waals surface area contributed by atoms with Crippen LogP contribution in [0.4, 0.5) is 4.39 Å². The summed E-state index contributed by atoms with van der Waals surface area (Å²) >= 11 is 0. The van der Waals surface area contributed by atoms with E-state index >= 15 is 0 Å². The van der Waals surface area contributed by atoms with Gasteiger partial charge in [0.1, 0.15) is 11.6 Å². The van der Waals surface area contributed by atoms with Crippen LogP contribution in [0.3, 0.4) is 0 Å². The van der Waals surface area contributed by atoms with Gasteiger partial charge in [-0.1, -0.05) is 26.3 Å². The van der Waals surface area contributed by atoms with Crippen molar-refractivity contribution in [2.45, 2.75) is 39.7 Å². The molecule has 3 heteroatoms. The first-order valence-corrected chi connectivity index (χ1v) is 6.23. The molecule has 17 heavy (non-hydrogen) atoms. The molecular formula is C14H22FNO. The summed E-state index contributed by atoms with van der Waals surface area (Å²) in [4.78, 5) is 0. The highest BCUT2D eigenvalue weighted by Crippen LogP contribution is 2.27.